The number of piperazine rings is 1. The highest BCUT2D eigenvalue weighted by atomic mass is 35.5. The average molecular weight is 329 g/mol. The fourth-order valence-electron chi connectivity index (χ4n) is 2.29. The summed E-state index contributed by atoms with van der Waals surface area (Å²) in [6.45, 7) is 1.34. The number of aromatic nitrogens is 1. The van der Waals surface area contributed by atoms with E-state index in [9.17, 15) is 20.0 Å². The normalized spacial score (nSPS) is 18.0. The minimum atomic E-state index is -0.976. The van der Waals surface area contributed by atoms with E-state index < -0.39 is 16.9 Å². The highest BCUT2D eigenvalue weighted by molar-refractivity contribution is 5.85. The number of nitrogens with zero attached hydrogens (tertiary/aromatic N) is 3. The first-order valence-electron chi connectivity index (χ1n) is 6.31. The molecule has 1 aromatic heterocycles. The molecule has 0 amide bonds. The van der Waals surface area contributed by atoms with E-state index in [2.05, 4.69) is 10.3 Å². The van der Waals surface area contributed by atoms with Gasteiger partial charge in [-0.05, 0) is 6.07 Å². The van der Waals surface area contributed by atoms with Crippen molar-refractivity contribution >= 4 is 41.2 Å². The molecule has 0 bridgehead atoms. The van der Waals surface area contributed by atoms with Crippen LogP contribution in [0.15, 0.2) is 22.6 Å². The minimum absolute atomic E-state index is 0. The van der Waals surface area contributed by atoms with Gasteiger partial charge in [-0.25, -0.2) is 4.79 Å². The van der Waals surface area contributed by atoms with Crippen molar-refractivity contribution in [1.29, 1.82) is 0 Å². The summed E-state index contributed by atoms with van der Waals surface area (Å²) in [7, 11) is 0. The number of aliphatic carboxylic acids is 1. The maximum atomic E-state index is 11.3. The number of anilines is 1. The molecule has 3 rings (SSSR count). The van der Waals surface area contributed by atoms with Gasteiger partial charge in [0, 0.05) is 31.8 Å². The smallest absolute Gasteiger partial charge is 0.327 e. The third kappa shape index (κ3) is 2.81. The minimum Gasteiger partial charge on any atom is -0.480 e. The Morgan fingerprint density at radius 1 is 1.55 bits per heavy atom. The number of nitrogens with one attached hydrogen (secondary N) is 1. The Hall–Kier alpha value is -2.39. The SMILES string of the molecule is Cl.O=C(O)C1CNCCN1c1nc2cc([N+](=O)[O-])ccc2o1. The zero-order valence-corrected chi connectivity index (χ0v) is 12.1. The zero-order valence-electron chi connectivity index (χ0n) is 11.3. The molecule has 1 fully saturated rings. The van der Waals surface area contributed by atoms with Gasteiger partial charge in [0.05, 0.1) is 4.92 Å². The first-order chi connectivity index (χ1) is 10.1. The van der Waals surface area contributed by atoms with E-state index in [4.69, 9.17) is 4.42 Å². The Kier molecular flexibility index (Phi) is 4.48. The Morgan fingerprint density at radius 2 is 2.32 bits per heavy atom. The third-order valence-corrected chi connectivity index (χ3v) is 3.34. The van der Waals surface area contributed by atoms with Crippen molar-refractivity contribution in [3.63, 3.8) is 0 Å². The summed E-state index contributed by atoms with van der Waals surface area (Å²) >= 11 is 0. The topological polar surface area (TPSA) is 122 Å². The molecule has 10 heteroatoms. The van der Waals surface area contributed by atoms with Crippen LogP contribution in [0.5, 0.6) is 0 Å². The summed E-state index contributed by atoms with van der Waals surface area (Å²) < 4.78 is 5.52. The lowest BCUT2D eigenvalue weighted by Crippen LogP contribution is -2.55. The van der Waals surface area contributed by atoms with Gasteiger partial charge in [-0.15, -0.1) is 12.4 Å². The highest BCUT2D eigenvalue weighted by Crippen LogP contribution is 2.26. The second kappa shape index (κ2) is 6.16. The van der Waals surface area contributed by atoms with Crippen molar-refractivity contribution in [2.24, 2.45) is 0 Å². The lowest BCUT2D eigenvalue weighted by molar-refractivity contribution is -0.384. The molecule has 1 atom stereocenters. The van der Waals surface area contributed by atoms with Crippen LogP contribution in [0.25, 0.3) is 11.1 Å². The van der Waals surface area contributed by atoms with Gasteiger partial charge in [-0.3, -0.25) is 10.1 Å². The number of carboxylic acid groups (broad SMARTS) is 1. The summed E-state index contributed by atoms with van der Waals surface area (Å²) in [6, 6.07) is 3.48. The van der Waals surface area contributed by atoms with E-state index in [1.54, 1.807) is 4.90 Å². The average Bonchev–Trinajstić information content (AvgIpc) is 2.89. The number of rotatable bonds is 3. The van der Waals surface area contributed by atoms with E-state index in [-0.39, 0.29) is 30.7 Å². The zero-order chi connectivity index (χ0) is 15.0. The molecule has 2 heterocycles. The van der Waals surface area contributed by atoms with E-state index in [0.29, 0.717) is 24.2 Å². The molecule has 1 aliphatic heterocycles. The molecule has 0 spiro atoms. The van der Waals surface area contributed by atoms with Crippen LogP contribution in [0.4, 0.5) is 11.7 Å². The number of non-ortho nitro benzene ring substituents is 1. The van der Waals surface area contributed by atoms with Gasteiger partial charge in [0.25, 0.3) is 11.7 Å². The van der Waals surface area contributed by atoms with Gasteiger partial charge >= 0.3 is 5.97 Å². The number of benzene rings is 1. The van der Waals surface area contributed by atoms with Crippen molar-refractivity contribution < 1.29 is 19.2 Å². The molecule has 1 saturated heterocycles. The van der Waals surface area contributed by atoms with Crippen LogP contribution in [-0.2, 0) is 4.79 Å². The van der Waals surface area contributed by atoms with Gasteiger partial charge in [-0.1, -0.05) is 0 Å². The number of fused-ring (bicyclic) bond motifs is 1. The first kappa shape index (κ1) is 16.0. The summed E-state index contributed by atoms with van der Waals surface area (Å²) in [5, 5.41) is 23.0. The van der Waals surface area contributed by atoms with Crippen LogP contribution in [0, 0.1) is 10.1 Å². The lowest BCUT2D eigenvalue weighted by atomic mass is 10.2. The third-order valence-electron chi connectivity index (χ3n) is 3.34. The van der Waals surface area contributed by atoms with Crippen molar-refractivity contribution in [3.8, 4) is 0 Å². The van der Waals surface area contributed by atoms with E-state index in [0.717, 1.165) is 0 Å². The molecule has 0 radical (unpaired) electrons. The van der Waals surface area contributed by atoms with Gasteiger partial charge < -0.3 is 19.7 Å². The predicted octanol–water partition coefficient (Wildman–Crippen LogP) is 1.02. The molecular weight excluding hydrogens is 316 g/mol. The van der Waals surface area contributed by atoms with Crippen LogP contribution in [-0.4, -0.2) is 46.7 Å². The van der Waals surface area contributed by atoms with Crippen molar-refractivity contribution in [1.82, 2.24) is 10.3 Å². The molecule has 2 aromatic rings. The van der Waals surface area contributed by atoms with Gasteiger partial charge in [0.1, 0.15) is 11.6 Å². The van der Waals surface area contributed by atoms with Crippen molar-refractivity contribution in [2.75, 3.05) is 24.5 Å². The molecular formula is C12H13ClN4O5. The van der Waals surface area contributed by atoms with Crippen molar-refractivity contribution in [3.05, 3.63) is 28.3 Å². The molecule has 0 aliphatic carbocycles. The Labute approximate surface area is 130 Å². The van der Waals surface area contributed by atoms with Crippen LogP contribution in [0.1, 0.15) is 0 Å². The monoisotopic (exact) mass is 328 g/mol. The van der Waals surface area contributed by atoms with Crippen LogP contribution >= 0.6 is 12.4 Å². The second-order valence-corrected chi connectivity index (χ2v) is 4.66. The predicted molar refractivity (Wildman–Crippen MR) is 79.6 cm³/mol. The number of oxazole rings is 1. The number of carboxylic acids is 1. The van der Waals surface area contributed by atoms with Crippen LogP contribution in [0.3, 0.4) is 0 Å². The maximum absolute atomic E-state index is 11.3. The number of nitro benzene ring substituents is 1. The summed E-state index contributed by atoms with van der Waals surface area (Å²) in [6.07, 6.45) is 0. The molecule has 22 heavy (non-hydrogen) atoms. The van der Waals surface area contributed by atoms with Crippen LogP contribution < -0.4 is 10.2 Å². The second-order valence-electron chi connectivity index (χ2n) is 4.66. The van der Waals surface area contributed by atoms with Crippen LogP contribution in [0.2, 0.25) is 0 Å². The fraction of sp³-hybridized carbons (Fsp3) is 0.333. The Bertz CT molecular complexity index is 719. The molecule has 118 valence electrons. The molecule has 1 aliphatic rings. The molecule has 9 nitrogen and oxygen atoms in total. The quantitative estimate of drug-likeness (QED) is 0.632. The number of hydrogen-bond acceptors (Lipinski definition) is 7. The van der Waals surface area contributed by atoms with E-state index in [1.165, 1.54) is 18.2 Å². The van der Waals surface area contributed by atoms with Gasteiger partial charge in [0.2, 0.25) is 0 Å². The van der Waals surface area contributed by atoms with Gasteiger partial charge in [0.15, 0.2) is 5.58 Å². The summed E-state index contributed by atoms with van der Waals surface area (Å²) in [4.78, 5) is 27.2. The summed E-state index contributed by atoms with van der Waals surface area (Å²) in [5.41, 5.74) is 0.637. The molecule has 1 aromatic carbocycles. The molecule has 1 unspecified atom stereocenters. The first-order valence-corrected chi connectivity index (χ1v) is 6.31. The van der Waals surface area contributed by atoms with Gasteiger partial charge in [-0.2, -0.15) is 4.98 Å². The Balaban J connectivity index is 0.00000176. The number of nitro groups is 1. The van der Waals surface area contributed by atoms with E-state index in [1.807, 2.05) is 0 Å². The van der Waals surface area contributed by atoms with E-state index >= 15 is 0 Å². The number of hydrogen-bond donors (Lipinski definition) is 2. The largest absolute Gasteiger partial charge is 0.480 e. The fourth-order valence-corrected chi connectivity index (χ4v) is 2.29. The summed E-state index contributed by atoms with van der Waals surface area (Å²) in [5.74, 6) is -0.976. The number of halogens is 1. The lowest BCUT2D eigenvalue weighted by Gasteiger charge is -2.31. The maximum Gasteiger partial charge on any atom is 0.327 e. The standard InChI is InChI=1S/C12H12N4O5.ClH/c17-11(18)9-6-13-3-4-15(9)12-14-8-5-7(16(19)20)1-2-10(8)21-12;/h1-2,5,9,13H,3-4,6H2,(H,17,18);1H. The molecule has 2 N–H and O–H groups in total. The Morgan fingerprint density at radius 3 is 3.00 bits per heavy atom. The van der Waals surface area contributed by atoms with Crippen molar-refractivity contribution in [2.45, 2.75) is 6.04 Å². The highest BCUT2D eigenvalue weighted by Gasteiger charge is 2.31. The molecule has 0 saturated carbocycles. The number of carbonyl (C=O) groups is 1.